The summed E-state index contributed by atoms with van der Waals surface area (Å²) in [7, 11) is -2.39. The predicted octanol–water partition coefficient (Wildman–Crippen LogP) is 1.35. The van der Waals surface area contributed by atoms with Crippen molar-refractivity contribution in [2.24, 2.45) is 7.05 Å². The van der Waals surface area contributed by atoms with E-state index in [1.165, 1.54) is 10.7 Å². The van der Waals surface area contributed by atoms with Crippen molar-refractivity contribution in [2.75, 3.05) is 12.0 Å². The maximum Gasteiger partial charge on any atom is 0.181 e. The van der Waals surface area contributed by atoms with Gasteiger partial charge in [-0.3, -0.25) is 4.68 Å². The highest BCUT2D eigenvalue weighted by atomic mass is 32.2. The fourth-order valence-electron chi connectivity index (χ4n) is 1.68. The number of aromatic nitrogens is 2. The highest BCUT2D eigenvalue weighted by Crippen LogP contribution is 2.27. The molecule has 0 bridgehead atoms. The number of nitrogens with two attached hydrogens (primary N) is 1. The molecule has 0 aliphatic heterocycles. The van der Waals surface area contributed by atoms with E-state index in [1.807, 2.05) is 0 Å². The summed E-state index contributed by atoms with van der Waals surface area (Å²) in [4.78, 5) is -0.944. The van der Waals surface area contributed by atoms with Crippen molar-refractivity contribution in [3.05, 3.63) is 29.8 Å². The first-order valence-electron chi connectivity index (χ1n) is 5.19. The van der Waals surface area contributed by atoms with Gasteiger partial charge in [0.25, 0.3) is 0 Å². The van der Waals surface area contributed by atoms with Gasteiger partial charge >= 0.3 is 0 Å². The third-order valence-electron chi connectivity index (χ3n) is 2.58. The van der Waals surface area contributed by atoms with Crippen molar-refractivity contribution in [2.45, 2.75) is 4.90 Å². The normalized spacial score (nSPS) is 11.8. The van der Waals surface area contributed by atoms with Gasteiger partial charge in [0.15, 0.2) is 9.84 Å². The Hall–Kier alpha value is -1.96. The van der Waals surface area contributed by atoms with E-state index in [0.717, 1.165) is 18.4 Å². The van der Waals surface area contributed by atoms with Gasteiger partial charge in [0.2, 0.25) is 0 Å². The summed E-state index contributed by atoms with van der Waals surface area (Å²) in [6.45, 7) is 0. The van der Waals surface area contributed by atoms with Crippen LogP contribution >= 0.6 is 0 Å². The highest BCUT2D eigenvalue weighted by Gasteiger charge is 2.21. The van der Waals surface area contributed by atoms with Crippen LogP contribution in [0.3, 0.4) is 0 Å². The van der Waals surface area contributed by atoms with Crippen LogP contribution in [0.25, 0.3) is 11.3 Å². The molecule has 0 saturated heterocycles. The van der Waals surface area contributed by atoms with Crippen molar-refractivity contribution in [1.82, 2.24) is 9.78 Å². The second kappa shape index (κ2) is 4.30. The van der Waals surface area contributed by atoms with Gasteiger partial charge in [0, 0.05) is 24.9 Å². The van der Waals surface area contributed by atoms with Gasteiger partial charge in [-0.15, -0.1) is 0 Å². The Morgan fingerprint density at radius 2 is 1.74 bits per heavy atom. The number of nitrogens with zero attached hydrogens (tertiary/aromatic N) is 2. The lowest BCUT2D eigenvalue weighted by molar-refractivity contribution is 0.522. The zero-order chi connectivity index (χ0) is 14.4. The van der Waals surface area contributed by atoms with Crippen molar-refractivity contribution in [1.29, 1.82) is 0 Å². The van der Waals surface area contributed by atoms with Crippen LogP contribution in [0.5, 0.6) is 0 Å². The number of rotatable bonds is 2. The summed E-state index contributed by atoms with van der Waals surface area (Å²) >= 11 is 0. The first-order valence-corrected chi connectivity index (χ1v) is 7.08. The molecule has 0 spiro atoms. The highest BCUT2D eigenvalue weighted by molar-refractivity contribution is 7.90. The Kier molecular flexibility index (Phi) is 3.05. The molecule has 0 atom stereocenters. The largest absolute Gasteiger partial charge is 0.384 e. The zero-order valence-corrected chi connectivity index (χ0v) is 11.0. The second-order valence-corrected chi connectivity index (χ2v) is 6.07. The Balaban J connectivity index is 2.64. The van der Waals surface area contributed by atoms with Crippen LogP contribution < -0.4 is 5.73 Å². The number of aryl methyl sites for hydroxylation is 1. The van der Waals surface area contributed by atoms with Crippen LogP contribution in [0.15, 0.2) is 23.1 Å². The van der Waals surface area contributed by atoms with E-state index in [2.05, 4.69) is 5.10 Å². The molecule has 1 heterocycles. The minimum atomic E-state index is -3.97. The van der Waals surface area contributed by atoms with Gasteiger partial charge < -0.3 is 5.73 Å². The maximum atomic E-state index is 13.7. The van der Waals surface area contributed by atoms with Gasteiger partial charge in [0.05, 0.1) is 5.69 Å². The fraction of sp³-hybridized carbons (Fsp3) is 0.182. The molecule has 19 heavy (non-hydrogen) atoms. The molecular formula is C11H11F2N3O2S. The molecule has 0 fully saturated rings. The first-order chi connectivity index (χ1) is 8.70. The van der Waals surface area contributed by atoms with E-state index in [4.69, 9.17) is 5.73 Å². The van der Waals surface area contributed by atoms with Crippen LogP contribution in [-0.4, -0.2) is 24.5 Å². The van der Waals surface area contributed by atoms with Crippen molar-refractivity contribution in [3.63, 3.8) is 0 Å². The SMILES string of the molecule is Cn1nc(-c2cc(F)c(S(C)(=O)=O)c(F)c2)cc1N. The lowest BCUT2D eigenvalue weighted by Gasteiger charge is -2.05. The summed E-state index contributed by atoms with van der Waals surface area (Å²) in [5.74, 6) is -1.98. The standard InChI is InChI=1S/C11H11F2N3O2S/c1-16-10(14)5-9(15-16)6-3-7(12)11(8(13)4-6)19(2,17)18/h3-5H,14H2,1-2H3. The third kappa shape index (κ3) is 2.43. The Bertz CT molecular complexity index is 711. The van der Waals surface area contributed by atoms with Crippen molar-refractivity contribution < 1.29 is 17.2 Å². The van der Waals surface area contributed by atoms with Gasteiger partial charge in [-0.05, 0) is 12.1 Å². The van der Waals surface area contributed by atoms with E-state index >= 15 is 0 Å². The summed E-state index contributed by atoms with van der Waals surface area (Å²) in [5, 5.41) is 3.96. The molecule has 2 aromatic rings. The Labute approximate surface area is 108 Å². The van der Waals surface area contributed by atoms with E-state index in [-0.39, 0.29) is 11.3 Å². The summed E-state index contributed by atoms with van der Waals surface area (Å²) in [5.41, 5.74) is 5.95. The minimum absolute atomic E-state index is 0.120. The van der Waals surface area contributed by atoms with Crippen LogP contribution in [0, 0.1) is 11.6 Å². The van der Waals surface area contributed by atoms with Gasteiger partial charge in [-0.25, -0.2) is 17.2 Å². The lowest BCUT2D eigenvalue weighted by Crippen LogP contribution is -2.05. The van der Waals surface area contributed by atoms with Crippen LogP contribution in [0.4, 0.5) is 14.6 Å². The number of sulfone groups is 1. The Morgan fingerprint density at radius 1 is 1.21 bits per heavy atom. The Morgan fingerprint density at radius 3 is 2.11 bits per heavy atom. The summed E-state index contributed by atoms with van der Waals surface area (Å²) in [6, 6.07) is 3.27. The lowest BCUT2D eigenvalue weighted by atomic mass is 10.1. The molecule has 5 nitrogen and oxygen atoms in total. The molecule has 0 unspecified atom stereocenters. The van der Waals surface area contributed by atoms with Crippen LogP contribution in [-0.2, 0) is 16.9 Å². The molecule has 1 aromatic carbocycles. The molecular weight excluding hydrogens is 276 g/mol. The molecule has 1 aromatic heterocycles. The first kappa shape index (κ1) is 13.5. The van der Waals surface area contributed by atoms with Crippen molar-refractivity contribution >= 4 is 15.7 Å². The minimum Gasteiger partial charge on any atom is -0.384 e. The maximum absolute atomic E-state index is 13.7. The third-order valence-corrected chi connectivity index (χ3v) is 3.71. The average molecular weight is 287 g/mol. The molecule has 0 aliphatic rings. The van der Waals surface area contributed by atoms with E-state index in [0.29, 0.717) is 5.82 Å². The van der Waals surface area contributed by atoms with Gasteiger partial charge in [-0.2, -0.15) is 5.10 Å². The monoisotopic (exact) mass is 287 g/mol. The molecule has 2 N–H and O–H groups in total. The van der Waals surface area contributed by atoms with Gasteiger partial charge in [-0.1, -0.05) is 0 Å². The quantitative estimate of drug-likeness (QED) is 0.904. The number of hydrogen-bond donors (Lipinski definition) is 1. The van der Waals surface area contributed by atoms with Crippen LogP contribution in [0.1, 0.15) is 0 Å². The molecule has 0 aliphatic carbocycles. The molecule has 8 heteroatoms. The molecule has 0 saturated carbocycles. The second-order valence-electron chi connectivity index (χ2n) is 4.12. The topological polar surface area (TPSA) is 78.0 Å². The van der Waals surface area contributed by atoms with Gasteiger partial charge in [0.1, 0.15) is 22.3 Å². The number of nitrogen functional groups attached to an aromatic ring is 1. The number of halogens is 2. The average Bonchev–Trinajstić information content (AvgIpc) is 2.56. The van der Waals surface area contributed by atoms with E-state index in [1.54, 1.807) is 7.05 Å². The molecule has 102 valence electrons. The van der Waals surface area contributed by atoms with Crippen molar-refractivity contribution in [3.8, 4) is 11.3 Å². The van der Waals surface area contributed by atoms with E-state index in [9.17, 15) is 17.2 Å². The predicted molar refractivity (Wildman–Crippen MR) is 66.1 cm³/mol. The summed E-state index contributed by atoms with van der Waals surface area (Å²) in [6.07, 6.45) is 0.743. The molecule has 0 amide bonds. The van der Waals surface area contributed by atoms with E-state index < -0.39 is 26.4 Å². The summed E-state index contributed by atoms with van der Waals surface area (Å²) < 4.78 is 51.3. The number of benzene rings is 1. The van der Waals surface area contributed by atoms with Crippen LogP contribution in [0.2, 0.25) is 0 Å². The smallest absolute Gasteiger partial charge is 0.181 e. The zero-order valence-electron chi connectivity index (χ0n) is 10.2. The number of anilines is 1. The molecule has 0 radical (unpaired) electrons. The number of hydrogen-bond acceptors (Lipinski definition) is 4. The molecule has 2 rings (SSSR count). The fourth-order valence-corrected chi connectivity index (χ4v) is 2.51.